The molecular formula is C15H16INO2. The van der Waals surface area contributed by atoms with Gasteiger partial charge in [-0.05, 0) is 64.6 Å². The molecule has 0 heterocycles. The SMILES string of the molecule is COc1ccc(C(O)CNc2ccc(I)cc2)cc1. The predicted molar refractivity (Wildman–Crippen MR) is 85.6 cm³/mol. The summed E-state index contributed by atoms with van der Waals surface area (Å²) in [6.07, 6.45) is -0.537. The molecule has 3 nitrogen and oxygen atoms in total. The summed E-state index contributed by atoms with van der Waals surface area (Å²) < 4.78 is 6.28. The number of aliphatic hydroxyl groups is 1. The van der Waals surface area contributed by atoms with Gasteiger partial charge in [0, 0.05) is 15.8 Å². The number of methoxy groups -OCH3 is 1. The molecule has 0 aliphatic rings. The number of ether oxygens (including phenoxy) is 1. The van der Waals surface area contributed by atoms with Gasteiger partial charge in [0.1, 0.15) is 5.75 Å². The van der Waals surface area contributed by atoms with Gasteiger partial charge in [0.05, 0.1) is 13.2 Å². The first-order valence-electron chi connectivity index (χ1n) is 6.00. The van der Waals surface area contributed by atoms with Crippen LogP contribution >= 0.6 is 22.6 Å². The Bertz CT molecular complexity index is 511. The van der Waals surface area contributed by atoms with Crippen LogP contribution in [0.5, 0.6) is 5.75 Å². The first kappa shape index (κ1) is 14.1. The van der Waals surface area contributed by atoms with Crippen molar-refractivity contribution in [3.05, 3.63) is 57.7 Å². The molecule has 0 amide bonds. The van der Waals surface area contributed by atoms with Gasteiger partial charge in [0.2, 0.25) is 0 Å². The fourth-order valence-corrected chi connectivity index (χ4v) is 2.09. The van der Waals surface area contributed by atoms with Crippen molar-refractivity contribution in [2.75, 3.05) is 19.0 Å². The fraction of sp³-hybridized carbons (Fsp3) is 0.200. The minimum Gasteiger partial charge on any atom is -0.497 e. The molecule has 0 bridgehead atoms. The van der Waals surface area contributed by atoms with E-state index in [4.69, 9.17) is 4.74 Å². The quantitative estimate of drug-likeness (QED) is 0.794. The summed E-state index contributed by atoms with van der Waals surface area (Å²) in [6.45, 7) is 0.479. The molecule has 0 saturated heterocycles. The maximum absolute atomic E-state index is 10.1. The number of hydrogen-bond acceptors (Lipinski definition) is 3. The average molecular weight is 369 g/mol. The summed E-state index contributed by atoms with van der Waals surface area (Å²) in [5.74, 6) is 0.793. The van der Waals surface area contributed by atoms with Crippen LogP contribution in [0.3, 0.4) is 0 Å². The number of hydrogen-bond donors (Lipinski definition) is 2. The van der Waals surface area contributed by atoms with Gasteiger partial charge in [-0.15, -0.1) is 0 Å². The van der Waals surface area contributed by atoms with Gasteiger partial charge in [0.25, 0.3) is 0 Å². The third-order valence-corrected chi connectivity index (χ3v) is 3.56. The standard InChI is InChI=1S/C15H16INO2/c1-19-14-8-2-11(3-9-14)15(18)10-17-13-6-4-12(16)5-7-13/h2-9,15,17-18H,10H2,1H3. The van der Waals surface area contributed by atoms with Gasteiger partial charge in [0.15, 0.2) is 0 Å². The number of aliphatic hydroxyl groups excluding tert-OH is 1. The van der Waals surface area contributed by atoms with Crippen molar-refractivity contribution in [2.24, 2.45) is 0 Å². The van der Waals surface area contributed by atoms with E-state index in [0.717, 1.165) is 17.0 Å². The first-order valence-corrected chi connectivity index (χ1v) is 7.08. The van der Waals surface area contributed by atoms with E-state index < -0.39 is 6.10 Å². The van der Waals surface area contributed by atoms with Crippen molar-refractivity contribution in [2.45, 2.75) is 6.10 Å². The van der Waals surface area contributed by atoms with E-state index in [1.165, 1.54) is 3.57 Å². The molecule has 0 saturated carbocycles. The lowest BCUT2D eigenvalue weighted by atomic mass is 10.1. The van der Waals surface area contributed by atoms with Crippen molar-refractivity contribution >= 4 is 28.3 Å². The zero-order valence-corrected chi connectivity index (χ0v) is 12.8. The topological polar surface area (TPSA) is 41.5 Å². The molecule has 19 heavy (non-hydrogen) atoms. The normalized spacial score (nSPS) is 11.9. The Morgan fingerprint density at radius 3 is 2.32 bits per heavy atom. The number of rotatable bonds is 5. The largest absolute Gasteiger partial charge is 0.497 e. The van der Waals surface area contributed by atoms with Gasteiger partial charge >= 0.3 is 0 Å². The van der Waals surface area contributed by atoms with Crippen molar-refractivity contribution in [3.8, 4) is 5.75 Å². The third kappa shape index (κ3) is 4.11. The van der Waals surface area contributed by atoms with E-state index in [2.05, 4.69) is 27.9 Å². The van der Waals surface area contributed by atoms with E-state index in [-0.39, 0.29) is 0 Å². The van der Waals surface area contributed by atoms with E-state index in [1.54, 1.807) is 7.11 Å². The highest BCUT2D eigenvalue weighted by Crippen LogP contribution is 2.18. The molecule has 100 valence electrons. The summed E-state index contributed by atoms with van der Waals surface area (Å²) in [5.41, 5.74) is 1.88. The van der Waals surface area contributed by atoms with E-state index in [0.29, 0.717) is 6.54 Å². The highest BCUT2D eigenvalue weighted by molar-refractivity contribution is 14.1. The smallest absolute Gasteiger partial charge is 0.118 e. The maximum Gasteiger partial charge on any atom is 0.118 e. The second-order valence-electron chi connectivity index (χ2n) is 4.18. The monoisotopic (exact) mass is 369 g/mol. The van der Waals surface area contributed by atoms with Crippen molar-refractivity contribution in [1.29, 1.82) is 0 Å². The van der Waals surface area contributed by atoms with Crippen LogP contribution in [0.15, 0.2) is 48.5 Å². The van der Waals surface area contributed by atoms with Crippen LogP contribution in [0.2, 0.25) is 0 Å². The van der Waals surface area contributed by atoms with Gasteiger partial charge in [-0.25, -0.2) is 0 Å². The molecule has 2 aromatic carbocycles. The second-order valence-corrected chi connectivity index (χ2v) is 5.42. The van der Waals surface area contributed by atoms with Crippen LogP contribution in [-0.2, 0) is 0 Å². The van der Waals surface area contributed by atoms with Crippen molar-refractivity contribution in [1.82, 2.24) is 0 Å². The van der Waals surface area contributed by atoms with Crippen molar-refractivity contribution < 1.29 is 9.84 Å². The van der Waals surface area contributed by atoms with Crippen LogP contribution < -0.4 is 10.1 Å². The van der Waals surface area contributed by atoms with Gasteiger partial charge in [-0.1, -0.05) is 12.1 Å². The highest BCUT2D eigenvalue weighted by atomic mass is 127. The molecule has 0 aromatic heterocycles. The zero-order valence-electron chi connectivity index (χ0n) is 10.6. The Morgan fingerprint density at radius 2 is 1.74 bits per heavy atom. The lowest BCUT2D eigenvalue weighted by molar-refractivity contribution is 0.191. The van der Waals surface area contributed by atoms with Crippen molar-refractivity contribution in [3.63, 3.8) is 0 Å². The lowest BCUT2D eigenvalue weighted by Gasteiger charge is -2.13. The van der Waals surface area contributed by atoms with Crippen LogP contribution in [-0.4, -0.2) is 18.8 Å². The summed E-state index contributed by atoms with van der Waals surface area (Å²) >= 11 is 2.27. The number of anilines is 1. The number of nitrogens with one attached hydrogen (secondary N) is 1. The molecule has 1 unspecified atom stereocenters. The van der Waals surface area contributed by atoms with E-state index in [1.807, 2.05) is 48.5 Å². The Morgan fingerprint density at radius 1 is 1.11 bits per heavy atom. The molecule has 4 heteroatoms. The number of halogens is 1. The van der Waals surface area contributed by atoms with Crippen LogP contribution in [0, 0.1) is 3.57 Å². The van der Waals surface area contributed by atoms with Crippen LogP contribution in [0.1, 0.15) is 11.7 Å². The summed E-state index contributed by atoms with van der Waals surface area (Å²) in [7, 11) is 1.63. The fourth-order valence-electron chi connectivity index (χ4n) is 1.73. The molecule has 2 rings (SSSR count). The Kier molecular flexibility index (Phi) is 5.04. The molecule has 2 aromatic rings. The van der Waals surface area contributed by atoms with E-state index >= 15 is 0 Å². The van der Waals surface area contributed by atoms with Gasteiger partial charge in [-0.3, -0.25) is 0 Å². The summed E-state index contributed by atoms with van der Waals surface area (Å²) in [5, 5.41) is 13.3. The molecule has 0 fully saturated rings. The van der Waals surface area contributed by atoms with Crippen LogP contribution in [0.25, 0.3) is 0 Å². The Labute approximate surface area is 126 Å². The Balaban J connectivity index is 1.93. The second kappa shape index (κ2) is 6.77. The first-order chi connectivity index (χ1) is 9.19. The molecule has 1 atom stereocenters. The average Bonchev–Trinajstić information content (AvgIpc) is 2.46. The number of benzene rings is 2. The summed E-state index contributed by atoms with van der Waals surface area (Å²) in [6, 6.07) is 15.5. The Hall–Kier alpha value is -1.27. The van der Waals surface area contributed by atoms with Crippen LogP contribution in [0.4, 0.5) is 5.69 Å². The molecule has 0 aliphatic heterocycles. The molecule has 0 spiro atoms. The predicted octanol–water partition coefficient (Wildman–Crippen LogP) is 3.45. The summed E-state index contributed by atoms with van der Waals surface area (Å²) in [4.78, 5) is 0. The van der Waals surface area contributed by atoms with E-state index in [9.17, 15) is 5.11 Å². The molecule has 0 aliphatic carbocycles. The highest BCUT2D eigenvalue weighted by Gasteiger charge is 2.07. The molecule has 0 radical (unpaired) electrons. The molecular weight excluding hydrogens is 353 g/mol. The maximum atomic E-state index is 10.1. The minimum absolute atomic E-state index is 0.479. The van der Waals surface area contributed by atoms with Gasteiger partial charge < -0.3 is 15.2 Å². The van der Waals surface area contributed by atoms with Gasteiger partial charge in [-0.2, -0.15) is 0 Å². The third-order valence-electron chi connectivity index (χ3n) is 2.84. The minimum atomic E-state index is -0.537. The zero-order chi connectivity index (χ0) is 13.7. The lowest BCUT2D eigenvalue weighted by Crippen LogP contribution is -2.12. The molecule has 2 N–H and O–H groups in total.